The lowest BCUT2D eigenvalue weighted by Crippen LogP contribution is -2.58. The zero-order valence-corrected chi connectivity index (χ0v) is 22.2. The van der Waals surface area contributed by atoms with Crippen molar-refractivity contribution >= 4 is 11.8 Å². The van der Waals surface area contributed by atoms with Crippen molar-refractivity contribution in [3.05, 3.63) is 12.2 Å². The zero-order valence-electron chi connectivity index (χ0n) is 22.2. The van der Waals surface area contributed by atoms with Crippen LogP contribution >= 0.6 is 0 Å². The minimum absolute atomic E-state index is 0.0535. The van der Waals surface area contributed by atoms with E-state index in [1.165, 1.54) is 32.6 Å². The molecule has 4 aliphatic carbocycles. The molecule has 0 aliphatic heterocycles. The van der Waals surface area contributed by atoms with Gasteiger partial charge in [-0.05, 0) is 97.2 Å². The van der Waals surface area contributed by atoms with Crippen LogP contribution in [0.5, 0.6) is 0 Å². The van der Waals surface area contributed by atoms with E-state index in [9.17, 15) is 9.59 Å². The molecule has 3 heteroatoms. The highest BCUT2D eigenvalue weighted by molar-refractivity contribution is 5.84. The van der Waals surface area contributed by atoms with E-state index in [-0.39, 0.29) is 28.8 Å². The topological polar surface area (TPSA) is 43.4 Å². The van der Waals surface area contributed by atoms with E-state index < -0.39 is 0 Å². The molecule has 0 amide bonds. The Hall–Kier alpha value is -1.12. The summed E-state index contributed by atoms with van der Waals surface area (Å²) < 4.78 is 5.60. The zero-order chi connectivity index (χ0) is 24.1. The number of carbonyl (C=O) groups excluding carboxylic acids is 2. The van der Waals surface area contributed by atoms with Crippen molar-refractivity contribution in [2.75, 3.05) is 0 Å². The van der Waals surface area contributed by atoms with E-state index in [0.717, 1.165) is 25.7 Å². The van der Waals surface area contributed by atoms with Crippen LogP contribution in [0.25, 0.3) is 0 Å². The van der Waals surface area contributed by atoms with Gasteiger partial charge in [0, 0.05) is 19.3 Å². The Morgan fingerprint density at radius 3 is 2.39 bits per heavy atom. The van der Waals surface area contributed by atoms with E-state index in [2.05, 4.69) is 53.7 Å². The van der Waals surface area contributed by atoms with Gasteiger partial charge in [0.05, 0.1) is 0 Å². The molecule has 4 rings (SSSR count). The van der Waals surface area contributed by atoms with E-state index >= 15 is 0 Å². The molecule has 0 bridgehead atoms. The lowest BCUT2D eigenvalue weighted by atomic mass is 9.44. The Morgan fingerprint density at radius 1 is 1.00 bits per heavy atom. The van der Waals surface area contributed by atoms with Crippen LogP contribution in [0.2, 0.25) is 0 Å². The monoisotopic (exact) mass is 456 g/mol. The van der Waals surface area contributed by atoms with Crippen LogP contribution in [0.3, 0.4) is 0 Å². The van der Waals surface area contributed by atoms with Gasteiger partial charge in [-0.3, -0.25) is 9.59 Å². The summed E-state index contributed by atoms with van der Waals surface area (Å²) in [5, 5.41) is 0. The first-order valence-electron chi connectivity index (χ1n) is 13.9. The maximum atomic E-state index is 13.9. The maximum absolute atomic E-state index is 13.9. The van der Waals surface area contributed by atoms with Crippen LogP contribution in [-0.2, 0) is 14.3 Å². The second-order valence-corrected chi connectivity index (χ2v) is 13.2. The summed E-state index contributed by atoms with van der Waals surface area (Å²) in [5.41, 5.74) is 0.246. The van der Waals surface area contributed by atoms with Gasteiger partial charge in [-0.1, -0.05) is 53.7 Å². The summed E-state index contributed by atoms with van der Waals surface area (Å²) in [6.45, 7) is 15.7. The van der Waals surface area contributed by atoms with Crippen molar-refractivity contribution in [2.24, 2.45) is 58.2 Å². The number of rotatable bonds is 5. The maximum Gasteiger partial charge on any atom is 0.302 e. The van der Waals surface area contributed by atoms with Crippen LogP contribution in [0.15, 0.2) is 12.2 Å². The molecule has 0 saturated heterocycles. The fraction of sp³-hybridized carbons (Fsp3) is 0.867. The van der Waals surface area contributed by atoms with Gasteiger partial charge in [-0.25, -0.2) is 0 Å². The van der Waals surface area contributed by atoms with Crippen molar-refractivity contribution in [1.29, 1.82) is 0 Å². The summed E-state index contributed by atoms with van der Waals surface area (Å²) in [6.07, 6.45) is 13.6. The minimum Gasteiger partial charge on any atom is -0.463 e. The van der Waals surface area contributed by atoms with Crippen LogP contribution < -0.4 is 0 Å². The van der Waals surface area contributed by atoms with E-state index in [1.54, 1.807) is 0 Å². The number of ether oxygens (including phenoxy) is 1. The van der Waals surface area contributed by atoms with Crippen LogP contribution in [-0.4, -0.2) is 17.9 Å². The van der Waals surface area contributed by atoms with Gasteiger partial charge >= 0.3 is 5.97 Å². The number of Topliss-reactive ketones (excluding diaryl/α,β-unsaturated/α-hetero) is 1. The second kappa shape index (κ2) is 9.15. The molecule has 3 nitrogen and oxygen atoms in total. The first-order valence-corrected chi connectivity index (χ1v) is 13.9. The summed E-state index contributed by atoms with van der Waals surface area (Å²) in [7, 11) is 0. The molecule has 33 heavy (non-hydrogen) atoms. The molecule has 0 heterocycles. The lowest BCUT2D eigenvalue weighted by Gasteiger charge is -2.60. The van der Waals surface area contributed by atoms with Gasteiger partial charge in [0.15, 0.2) is 0 Å². The molecule has 0 aromatic rings. The number of esters is 1. The highest BCUT2D eigenvalue weighted by atomic mass is 16.5. The molecule has 186 valence electrons. The first kappa shape index (κ1) is 25.0. The van der Waals surface area contributed by atoms with Gasteiger partial charge in [-0.15, -0.1) is 0 Å². The second-order valence-electron chi connectivity index (χ2n) is 13.2. The molecule has 4 aliphatic rings. The summed E-state index contributed by atoms with van der Waals surface area (Å²) in [5.74, 6) is 4.80. The molecular weight excluding hydrogens is 408 g/mol. The molecule has 4 fully saturated rings. The predicted molar refractivity (Wildman–Crippen MR) is 133 cm³/mol. The minimum atomic E-state index is -0.162. The van der Waals surface area contributed by atoms with E-state index in [0.29, 0.717) is 47.2 Å². The third kappa shape index (κ3) is 4.36. The van der Waals surface area contributed by atoms with Crippen LogP contribution in [0.4, 0.5) is 0 Å². The average molecular weight is 457 g/mol. The van der Waals surface area contributed by atoms with Crippen molar-refractivity contribution in [1.82, 2.24) is 0 Å². The summed E-state index contributed by atoms with van der Waals surface area (Å²) in [6, 6.07) is 0. The number of fused-ring (bicyclic) bond motifs is 5. The summed E-state index contributed by atoms with van der Waals surface area (Å²) >= 11 is 0. The Balaban J connectivity index is 1.52. The predicted octanol–water partition coefficient (Wildman–Crippen LogP) is 7.24. The number of hydrogen-bond donors (Lipinski definition) is 0. The average Bonchev–Trinajstić information content (AvgIpc) is 3.07. The van der Waals surface area contributed by atoms with Crippen molar-refractivity contribution in [3.63, 3.8) is 0 Å². The quantitative estimate of drug-likeness (QED) is 0.323. The molecule has 0 unspecified atom stereocenters. The molecule has 4 saturated carbocycles. The van der Waals surface area contributed by atoms with Gasteiger partial charge in [0.1, 0.15) is 11.9 Å². The fourth-order valence-electron chi connectivity index (χ4n) is 8.98. The van der Waals surface area contributed by atoms with Crippen molar-refractivity contribution in [2.45, 2.75) is 106 Å². The van der Waals surface area contributed by atoms with Gasteiger partial charge < -0.3 is 4.74 Å². The molecule has 10 atom stereocenters. The van der Waals surface area contributed by atoms with Crippen LogP contribution in [0, 0.1) is 58.2 Å². The first-order chi connectivity index (χ1) is 15.5. The molecule has 0 N–H and O–H groups in total. The molecule has 0 radical (unpaired) electrons. The lowest BCUT2D eigenvalue weighted by molar-refractivity contribution is -0.169. The van der Waals surface area contributed by atoms with E-state index in [1.807, 2.05) is 0 Å². The van der Waals surface area contributed by atoms with Crippen LogP contribution in [0.1, 0.15) is 99.8 Å². The van der Waals surface area contributed by atoms with Gasteiger partial charge in [-0.2, -0.15) is 0 Å². The Morgan fingerprint density at radius 2 is 1.73 bits per heavy atom. The highest BCUT2D eigenvalue weighted by Gasteiger charge is 2.63. The number of allylic oxidation sites excluding steroid dienone is 2. The van der Waals surface area contributed by atoms with Crippen molar-refractivity contribution < 1.29 is 14.3 Å². The third-order valence-electron chi connectivity index (χ3n) is 11.1. The van der Waals surface area contributed by atoms with Crippen molar-refractivity contribution in [3.8, 4) is 0 Å². The molecule has 0 aromatic carbocycles. The smallest absolute Gasteiger partial charge is 0.302 e. The SMILES string of the molecule is CC(=O)O[C@@H]1CC[C@@]2(C)[C@@H](CC[C@@H]3[C@H]4CC[C@H]([C@H](C)/C=C/[C@H](C)C(C)C)[C@]4(C)CC(=O)[C@H]32)C1. The third-order valence-corrected chi connectivity index (χ3v) is 11.1. The highest BCUT2D eigenvalue weighted by Crippen LogP contribution is 2.67. The number of hydrogen-bond acceptors (Lipinski definition) is 3. The van der Waals surface area contributed by atoms with Gasteiger partial charge in [0.2, 0.25) is 0 Å². The summed E-state index contributed by atoms with van der Waals surface area (Å²) in [4.78, 5) is 25.4. The Bertz CT molecular complexity index is 783. The largest absolute Gasteiger partial charge is 0.463 e. The number of ketones is 1. The Labute approximate surface area is 202 Å². The fourth-order valence-corrected chi connectivity index (χ4v) is 8.98. The standard InChI is InChI=1S/C30H48O3/c1-18(2)19(3)8-9-20(4)25-12-13-26-24-11-10-22-16-23(33-21(5)31)14-15-29(22,6)28(24)27(32)17-30(25,26)7/h8-9,18-20,22-26,28H,10-17H2,1-7H3/b9-8+/t19-,20+,22-,23+,24+,25+,26+,28-,29-,30-/m0/s1. The Kier molecular flexibility index (Phi) is 6.93. The van der Waals surface area contributed by atoms with E-state index in [4.69, 9.17) is 4.74 Å². The number of carbonyl (C=O) groups is 2. The van der Waals surface area contributed by atoms with Gasteiger partial charge in [0.25, 0.3) is 0 Å². The molecular formula is C30H48O3. The molecule has 0 aromatic heterocycles. The molecule has 0 spiro atoms. The normalized spacial score (nSPS) is 44.8.